The number of benzene rings is 2. The van der Waals surface area contributed by atoms with Gasteiger partial charge in [-0.2, -0.15) is 0 Å². The molecule has 0 atom stereocenters. The standard InChI is InChI=1S/C19H19ClN2O2S/c20-17-5-7-18(8-6-17)25-13-15-1-3-16(4-2-15)19(24)22-11-9-21(14-23)10-12-22/h1-8,14H,9-13H2. The molecule has 1 aliphatic rings. The first-order valence-corrected chi connectivity index (χ1v) is 9.48. The predicted molar refractivity (Wildman–Crippen MR) is 101 cm³/mol. The third-order valence-corrected chi connectivity index (χ3v) is 5.51. The lowest BCUT2D eigenvalue weighted by molar-refractivity contribution is -0.119. The zero-order valence-electron chi connectivity index (χ0n) is 13.7. The minimum Gasteiger partial charge on any atom is -0.342 e. The largest absolute Gasteiger partial charge is 0.342 e. The van der Waals surface area contributed by atoms with Gasteiger partial charge in [-0.05, 0) is 42.0 Å². The molecule has 2 aromatic carbocycles. The van der Waals surface area contributed by atoms with Crippen molar-refractivity contribution in [3.05, 3.63) is 64.7 Å². The molecule has 0 N–H and O–H groups in total. The molecule has 3 rings (SSSR count). The van der Waals surface area contributed by atoms with Gasteiger partial charge in [-0.3, -0.25) is 9.59 Å². The van der Waals surface area contributed by atoms with Gasteiger partial charge >= 0.3 is 0 Å². The average molecular weight is 375 g/mol. The van der Waals surface area contributed by atoms with Crippen LogP contribution in [0.5, 0.6) is 0 Å². The molecule has 1 fully saturated rings. The van der Waals surface area contributed by atoms with E-state index in [2.05, 4.69) is 0 Å². The smallest absolute Gasteiger partial charge is 0.253 e. The Morgan fingerprint density at radius 1 is 1.00 bits per heavy atom. The van der Waals surface area contributed by atoms with Crippen LogP contribution in [-0.2, 0) is 10.5 Å². The maximum absolute atomic E-state index is 12.5. The van der Waals surface area contributed by atoms with E-state index in [9.17, 15) is 9.59 Å². The van der Waals surface area contributed by atoms with Gasteiger partial charge in [0.15, 0.2) is 0 Å². The summed E-state index contributed by atoms with van der Waals surface area (Å²) in [5, 5.41) is 0.737. The zero-order valence-corrected chi connectivity index (χ0v) is 15.3. The van der Waals surface area contributed by atoms with Crippen molar-refractivity contribution in [3.8, 4) is 0 Å². The van der Waals surface area contributed by atoms with Crippen LogP contribution in [0, 0.1) is 0 Å². The van der Waals surface area contributed by atoms with E-state index in [4.69, 9.17) is 11.6 Å². The summed E-state index contributed by atoms with van der Waals surface area (Å²) in [5.74, 6) is 0.871. The zero-order chi connectivity index (χ0) is 17.6. The Morgan fingerprint density at radius 3 is 2.24 bits per heavy atom. The minimum absolute atomic E-state index is 0.0300. The van der Waals surface area contributed by atoms with Crippen molar-refractivity contribution in [1.29, 1.82) is 0 Å². The van der Waals surface area contributed by atoms with Gasteiger partial charge in [0, 0.05) is 47.4 Å². The number of hydrogen-bond donors (Lipinski definition) is 0. The normalized spacial score (nSPS) is 14.4. The second-order valence-electron chi connectivity index (χ2n) is 5.87. The summed E-state index contributed by atoms with van der Waals surface area (Å²) in [6.45, 7) is 2.38. The summed E-state index contributed by atoms with van der Waals surface area (Å²) in [6.07, 6.45) is 0.842. The van der Waals surface area contributed by atoms with E-state index in [1.807, 2.05) is 48.5 Å². The van der Waals surface area contributed by atoms with Crippen molar-refractivity contribution in [3.63, 3.8) is 0 Å². The number of carbonyl (C=O) groups excluding carboxylic acids is 2. The highest BCUT2D eigenvalue weighted by Crippen LogP contribution is 2.24. The van der Waals surface area contributed by atoms with E-state index in [0.717, 1.165) is 22.1 Å². The number of rotatable bonds is 5. The van der Waals surface area contributed by atoms with Crippen molar-refractivity contribution in [2.24, 2.45) is 0 Å². The molecule has 130 valence electrons. The van der Waals surface area contributed by atoms with Gasteiger partial charge in [-0.1, -0.05) is 23.7 Å². The average Bonchev–Trinajstić information content (AvgIpc) is 2.67. The Kier molecular flexibility index (Phi) is 6.00. The molecule has 2 aromatic rings. The summed E-state index contributed by atoms with van der Waals surface area (Å²) in [7, 11) is 0. The predicted octanol–water partition coefficient (Wildman–Crippen LogP) is 3.55. The van der Waals surface area contributed by atoms with Crippen LogP contribution >= 0.6 is 23.4 Å². The van der Waals surface area contributed by atoms with Gasteiger partial charge in [-0.15, -0.1) is 11.8 Å². The first-order valence-electron chi connectivity index (χ1n) is 8.11. The summed E-state index contributed by atoms with van der Waals surface area (Å²) >= 11 is 7.63. The molecule has 25 heavy (non-hydrogen) atoms. The molecule has 0 unspecified atom stereocenters. The maximum Gasteiger partial charge on any atom is 0.253 e. The molecule has 6 heteroatoms. The summed E-state index contributed by atoms with van der Waals surface area (Å²) < 4.78 is 0. The molecular weight excluding hydrogens is 356 g/mol. The highest BCUT2D eigenvalue weighted by molar-refractivity contribution is 7.98. The Labute approximate surface area is 156 Å². The fraction of sp³-hybridized carbons (Fsp3) is 0.263. The van der Waals surface area contributed by atoms with Gasteiger partial charge in [0.1, 0.15) is 0 Å². The summed E-state index contributed by atoms with van der Waals surface area (Å²) in [5.41, 5.74) is 1.86. The van der Waals surface area contributed by atoms with Crippen LogP contribution in [0.1, 0.15) is 15.9 Å². The van der Waals surface area contributed by atoms with Crippen molar-refractivity contribution >= 4 is 35.7 Å². The Balaban J connectivity index is 1.55. The van der Waals surface area contributed by atoms with Crippen LogP contribution in [-0.4, -0.2) is 48.3 Å². The molecule has 0 bridgehead atoms. The van der Waals surface area contributed by atoms with Gasteiger partial charge < -0.3 is 9.80 Å². The van der Waals surface area contributed by atoms with Crippen LogP contribution in [0.3, 0.4) is 0 Å². The number of amides is 2. The molecule has 0 aliphatic carbocycles. The van der Waals surface area contributed by atoms with Crippen LogP contribution in [0.4, 0.5) is 0 Å². The van der Waals surface area contributed by atoms with Gasteiger partial charge in [0.05, 0.1) is 0 Å². The lowest BCUT2D eigenvalue weighted by Gasteiger charge is -2.32. The number of halogens is 1. The van der Waals surface area contributed by atoms with E-state index >= 15 is 0 Å². The molecule has 0 aromatic heterocycles. The van der Waals surface area contributed by atoms with Crippen molar-refractivity contribution in [1.82, 2.24) is 9.80 Å². The van der Waals surface area contributed by atoms with Crippen LogP contribution in [0.15, 0.2) is 53.4 Å². The van der Waals surface area contributed by atoms with E-state index in [1.54, 1.807) is 21.6 Å². The van der Waals surface area contributed by atoms with Crippen molar-refractivity contribution < 1.29 is 9.59 Å². The number of piperazine rings is 1. The Hall–Kier alpha value is -1.98. The second-order valence-corrected chi connectivity index (χ2v) is 7.36. The van der Waals surface area contributed by atoms with E-state index in [-0.39, 0.29) is 5.91 Å². The first-order chi connectivity index (χ1) is 12.2. The minimum atomic E-state index is 0.0300. The number of thioether (sulfide) groups is 1. The molecule has 1 heterocycles. The van der Waals surface area contributed by atoms with Gasteiger partial charge in [-0.25, -0.2) is 0 Å². The van der Waals surface area contributed by atoms with Crippen LogP contribution < -0.4 is 0 Å². The van der Waals surface area contributed by atoms with Gasteiger partial charge in [0.25, 0.3) is 5.91 Å². The topological polar surface area (TPSA) is 40.6 Å². The molecule has 0 spiro atoms. The van der Waals surface area contributed by atoms with Crippen molar-refractivity contribution in [2.45, 2.75) is 10.6 Å². The number of nitrogens with zero attached hydrogens (tertiary/aromatic N) is 2. The molecule has 2 amide bonds. The fourth-order valence-corrected chi connectivity index (χ4v) is 3.63. The molecule has 0 saturated carbocycles. The number of carbonyl (C=O) groups is 2. The monoisotopic (exact) mass is 374 g/mol. The quantitative estimate of drug-likeness (QED) is 0.593. The maximum atomic E-state index is 12.5. The summed E-state index contributed by atoms with van der Waals surface area (Å²) in [6, 6.07) is 15.5. The molecule has 0 radical (unpaired) electrons. The lowest BCUT2D eigenvalue weighted by atomic mass is 10.1. The third-order valence-electron chi connectivity index (χ3n) is 4.17. The summed E-state index contributed by atoms with van der Waals surface area (Å²) in [4.78, 5) is 27.9. The fourth-order valence-electron chi connectivity index (χ4n) is 2.65. The van der Waals surface area contributed by atoms with Gasteiger partial charge in [0.2, 0.25) is 6.41 Å². The van der Waals surface area contributed by atoms with Crippen molar-refractivity contribution in [2.75, 3.05) is 26.2 Å². The van der Waals surface area contributed by atoms with E-state index in [0.29, 0.717) is 31.7 Å². The molecule has 4 nitrogen and oxygen atoms in total. The first kappa shape index (κ1) is 17.8. The highest BCUT2D eigenvalue weighted by atomic mass is 35.5. The SMILES string of the molecule is O=CN1CCN(C(=O)c2ccc(CSc3ccc(Cl)cc3)cc2)CC1. The molecule has 1 saturated heterocycles. The van der Waals surface area contributed by atoms with E-state index in [1.165, 1.54) is 5.56 Å². The lowest BCUT2D eigenvalue weighted by Crippen LogP contribution is -2.48. The molecule has 1 aliphatic heterocycles. The van der Waals surface area contributed by atoms with Crippen LogP contribution in [0.25, 0.3) is 0 Å². The second kappa shape index (κ2) is 8.41. The Morgan fingerprint density at radius 2 is 1.64 bits per heavy atom. The van der Waals surface area contributed by atoms with Crippen LogP contribution in [0.2, 0.25) is 5.02 Å². The van der Waals surface area contributed by atoms with E-state index < -0.39 is 0 Å². The highest BCUT2D eigenvalue weighted by Gasteiger charge is 2.21. The molecular formula is C19H19ClN2O2S. The third kappa shape index (κ3) is 4.77. The Bertz CT molecular complexity index is 726. The number of hydrogen-bond acceptors (Lipinski definition) is 3.